The molecule has 2 aliphatic carbocycles. The molecule has 0 N–H and O–H groups in total. The van der Waals surface area contributed by atoms with Crippen LogP contribution in [0.15, 0.2) is 243 Å². The molecule has 0 amide bonds. The molecule has 3 aliphatic rings. The Morgan fingerprint density at radius 2 is 0.723 bits per heavy atom. The molecular weight excluding hydrogens is 787 g/mol. The number of nitrogens with zero attached hydrogens (tertiary/aromatic N) is 1. The number of para-hydroxylation sites is 2. The van der Waals surface area contributed by atoms with Crippen LogP contribution in [0.3, 0.4) is 0 Å². The summed E-state index contributed by atoms with van der Waals surface area (Å²) in [6.07, 6.45) is 0. The maximum absolute atomic E-state index is 6.65. The summed E-state index contributed by atoms with van der Waals surface area (Å²) in [5.74, 6) is 1.80. The fourth-order valence-corrected chi connectivity index (χ4v) is 11.5. The summed E-state index contributed by atoms with van der Waals surface area (Å²) in [4.78, 5) is 2.43. The lowest BCUT2D eigenvalue weighted by Gasteiger charge is -2.39. The number of ether oxygens (including phenoxy) is 1. The number of rotatable bonds is 6. The SMILES string of the molecule is CC1(c2cccc3c2-c2ccc(N(c4ccc(-c5ccccc5)cc4)c4ccc(-c5ccccc5)cc4)cc2C32c3ccccc3-c3ccccc32)c2ccccc2Oc2ccccc21. The number of hydrogen-bond acceptors (Lipinski definition) is 2. The zero-order valence-corrected chi connectivity index (χ0v) is 35.9. The minimum absolute atomic E-state index is 0.511. The van der Waals surface area contributed by atoms with Gasteiger partial charge < -0.3 is 9.64 Å². The van der Waals surface area contributed by atoms with Gasteiger partial charge in [-0.3, -0.25) is 0 Å². The number of hydrogen-bond donors (Lipinski definition) is 0. The van der Waals surface area contributed by atoms with Gasteiger partial charge in [0.25, 0.3) is 0 Å². The van der Waals surface area contributed by atoms with Crippen LogP contribution in [0, 0.1) is 0 Å². The van der Waals surface area contributed by atoms with Crippen molar-refractivity contribution in [2.75, 3.05) is 4.90 Å². The molecule has 1 aliphatic heterocycles. The highest BCUT2D eigenvalue weighted by Gasteiger charge is 2.54. The molecule has 0 saturated carbocycles. The highest BCUT2D eigenvalue weighted by atomic mass is 16.5. The first-order valence-electron chi connectivity index (χ1n) is 22.6. The summed E-state index contributed by atoms with van der Waals surface area (Å²) in [5, 5.41) is 0. The summed E-state index contributed by atoms with van der Waals surface area (Å²) in [6.45, 7) is 2.40. The molecule has 10 aromatic carbocycles. The minimum atomic E-state index is -0.565. The van der Waals surface area contributed by atoms with Crippen LogP contribution in [-0.4, -0.2) is 0 Å². The van der Waals surface area contributed by atoms with Crippen molar-refractivity contribution in [1.82, 2.24) is 0 Å². The normalized spacial score (nSPS) is 14.0. The Labute approximate surface area is 380 Å². The van der Waals surface area contributed by atoms with Gasteiger partial charge in [-0.15, -0.1) is 0 Å². The quantitative estimate of drug-likeness (QED) is 0.166. The van der Waals surface area contributed by atoms with E-state index in [0.717, 1.165) is 28.6 Å². The van der Waals surface area contributed by atoms with Gasteiger partial charge in [-0.25, -0.2) is 0 Å². The predicted octanol–water partition coefficient (Wildman–Crippen LogP) is 16.3. The summed E-state index contributed by atoms with van der Waals surface area (Å²) in [6, 6.07) is 89.1. The molecular formula is C63H43NO. The fourth-order valence-electron chi connectivity index (χ4n) is 11.5. The summed E-state index contributed by atoms with van der Waals surface area (Å²) >= 11 is 0. The summed E-state index contributed by atoms with van der Waals surface area (Å²) in [5.41, 5.74) is 21.0. The van der Waals surface area contributed by atoms with Gasteiger partial charge in [0, 0.05) is 28.2 Å². The van der Waals surface area contributed by atoms with Gasteiger partial charge in [0.2, 0.25) is 0 Å². The average Bonchev–Trinajstić information content (AvgIpc) is 3.85. The van der Waals surface area contributed by atoms with Crippen molar-refractivity contribution >= 4 is 17.1 Å². The predicted molar refractivity (Wildman–Crippen MR) is 267 cm³/mol. The van der Waals surface area contributed by atoms with Crippen molar-refractivity contribution in [3.8, 4) is 56.0 Å². The molecule has 2 nitrogen and oxygen atoms in total. The fraction of sp³-hybridized carbons (Fsp3) is 0.0476. The van der Waals surface area contributed by atoms with Crippen molar-refractivity contribution in [3.05, 3.63) is 282 Å². The van der Waals surface area contributed by atoms with Crippen LogP contribution < -0.4 is 9.64 Å². The van der Waals surface area contributed by atoms with Crippen LogP contribution >= 0.6 is 0 Å². The van der Waals surface area contributed by atoms with Gasteiger partial charge in [-0.05, 0) is 128 Å². The molecule has 0 fully saturated rings. The molecule has 2 heteroatoms. The van der Waals surface area contributed by atoms with E-state index in [2.05, 4.69) is 254 Å². The Bertz CT molecular complexity index is 3290. The largest absolute Gasteiger partial charge is 0.457 e. The first-order chi connectivity index (χ1) is 32.1. The standard InChI is InChI=1S/C63H43NO/c1-62(54-25-12-14-29-59(54)65-60-30-15-13-26-55(60)62)56-27-16-28-57-61(56)51-40-39-48(41-58(51)63(57)52-23-10-8-21-49(52)50-22-9-11-24-53(50)63)64(46-35-31-44(32-36-46)42-17-4-2-5-18-42)47-37-33-45(34-38-47)43-19-6-3-7-20-43/h2-41H,1H3. The van der Waals surface area contributed by atoms with E-state index in [4.69, 9.17) is 4.74 Å². The van der Waals surface area contributed by atoms with Crippen LogP contribution in [-0.2, 0) is 10.8 Å². The van der Waals surface area contributed by atoms with Crippen molar-refractivity contribution < 1.29 is 4.74 Å². The van der Waals surface area contributed by atoms with Gasteiger partial charge in [-0.1, -0.05) is 194 Å². The molecule has 1 heterocycles. The van der Waals surface area contributed by atoms with Crippen LogP contribution in [0.2, 0.25) is 0 Å². The molecule has 0 radical (unpaired) electrons. The zero-order valence-electron chi connectivity index (χ0n) is 35.9. The zero-order chi connectivity index (χ0) is 43.1. The third kappa shape index (κ3) is 5.41. The first kappa shape index (κ1) is 37.4. The number of anilines is 3. The Morgan fingerprint density at radius 1 is 0.308 bits per heavy atom. The van der Waals surface area contributed by atoms with Crippen LogP contribution in [0.4, 0.5) is 17.1 Å². The summed E-state index contributed by atoms with van der Waals surface area (Å²) in [7, 11) is 0. The summed E-state index contributed by atoms with van der Waals surface area (Å²) < 4.78 is 6.65. The second kappa shape index (κ2) is 14.4. The third-order valence-electron chi connectivity index (χ3n) is 14.4. The van der Waals surface area contributed by atoms with E-state index in [1.165, 1.54) is 83.5 Å². The lowest BCUT2D eigenvalue weighted by molar-refractivity contribution is 0.427. The molecule has 0 aromatic heterocycles. The highest BCUT2D eigenvalue weighted by Crippen LogP contribution is 2.66. The third-order valence-corrected chi connectivity index (χ3v) is 14.4. The lowest BCUT2D eigenvalue weighted by atomic mass is 9.66. The number of benzene rings is 10. The Morgan fingerprint density at radius 3 is 1.26 bits per heavy atom. The van der Waals surface area contributed by atoms with E-state index in [1.807, 2.05) is 0 Å². The van der Waals surface area contributed by atoms with Crippen LogP contribution in [0.25, 0.3) is 44.5 Å². The van der Waals surface area contributed by atoms with Gasteiger partial charge in [0.05, 0.1) is 10.8 Å². The first-order valence-corrected chi connectivity index (χ1v) is 22.6. The van der Waals surface area contributed by atoms with E-state index in [0.29, 0.717) is 0 Å². The topological polar surface area (TPSA) is 12.5 Å². The Balaban J connectivity index is 1.08. The molecule has 0 bridgehead atoms. The minimum Gasteiger partial charge on any atom is -0.457 e. The van der Waals surface area contributed by atoms with E-state index < -0.39 is 10.8 Å². The van der Waals surface area contributed by atoms with Gasteiger partial charge in [-0.2, -0.15) is 0 Å². The van der Waals surface area contributed by atoms with Gasteiger partial charge in [0.1, 0.15) is 11.5 Å². The van der Waals surface area contributed by atoms with E-state index in [1.54, 1.807) is 0 Å². The van der Waals surface area contributed by atoms with Crippen LogP contribution in [0.5, 0.6) is 11.5 Å². The second-order valence-corrected chi connectivity index (χ2v) is 17.7. The van der Waals surface area contributed by atoms with E-state index in [9.17, 15) is 0 Å². The molecule has 65 heavy (non-hydrogen) atoms. The average molecular weight is 830 g/mol. The molecule has 10 aromatic rings. The highest BCUT2D eigenvalue weighted by molar-refractivity contribution is 5.98. The van der Waals surface area contributed by atoms with Gasteiger partial charge >= 0.3 is 0 Å². The van der Waals surface area contributed by atoms with Gasteiger partial charge in [0.15, 0.2) is 0 Å². The van der Waals surface area contributed by atoms with Crippen molar-refractivity contribution in [1.29, 1.82) is 0 Å². The van der Waals surface area contributed by atoms with Crippen molar-refractivity contribution in [2.45, 2.75) is 17.8 Å². The van der Waals surface area contributed by atoms with Crippen LogP contribution in [0.1, 0.15) is 45.9 Å². The van der Waals surface area contributed by atoms with Crippen molar-refractivity contribution in [2.24, 2.45) is 0 Å². The number of fused-ring (bicyclic) bond motifs is 12. The smallest absolute Gasteiger partial charge is 0.131 e. The molecule has 0 saturated heterocycles. The monoisotopic (exact) mass is 829 g/mol. The molecule has 13 rings (SSSR count). The lowest BCUT2D eigenvalue weighted by Crippen LogP contribution is -2.31. The Kier molecular flexibility index (Phi) is 8.29. The molecule has 0 unspecified atom stereocenters. The maximum atomic E-state index is 6.65. The molecule has 306 valence electrons. The van der Waals surface area contributed by atoms with Crippen molar-refractivity contribution in [3.63, 3.8) is 0 Å². The Hall–Kier alpha value is -8.20. The maximum Gasteiger partial charge on any atom is 0.131 e. The molecule has 1 spiro atoms. The molecule has 0 atom stereocenters. The second-order valence-electron chi connectivity index (χ2n) is 17.7. The van der Waals surface area contributed by atoms with E-state index >= 15 is 0 Å². The van der Waals surface area contributed by atoms with E-state index in [-0.39, 0.29) is 0 Å².